The van der Waals surface area contributed by atoms with E-state index in [0.717, 1.165) is 5.56 Å². The molecule has 1 amide bonds. The highest BCUT2D eigenvalue weighted by Gasteiger charge is 2.57. The summed E-state index contributed by atoms with van der Waals surface area (Å²) in [5.74, 6) is -0.890. The summed E-state index contributed by atoms with van der Waals surface area (Å²) in [5.41, 5.74) is 0.0443. The number of rotatable bonds is 5. The number of esters is 1. The summed E-state index contributed by atoms with van der Waals surface area (Å²) < 4.78 is 31.4. The summed E-state index contributed by atoms with van der Waals surface area (Å²) in [6.07, 6.45) is 1.21. The molecule has 0 aromatic heterocycles. The van der Waals surface area contributed by atoms with Crippen molar-refractivity contribution in [1.82, 2.24) is 4.90 Å². The van der Waals surface area contributed by atoms with Crippen LogP contribution >= 0.6 is 23.2 Å². The number of hydrogen-bond acceptors (Lipinski definition) is 5. The average molecular weight is 482 g/mol. The summed E-state index contributed by atoms with van der Waals surface area (Å²) in [5, 5.41) is -0.283. The minimum Gasteiger partial charge on any atom is -0.467 e. The predicted molar refractivity (Wildman–Crippen MR) is 117 cm³/mol. The van der Waals surface area contributed by atoms with Gasteiger partial charge >= 0.3 is 5.97 Å². The molecule has 31 heavy (non-hydrogen) atoms. The fourth-order valence-electron chi connectivity index (χ4n) is 4.26. The lowest BCUT2D eigenvalue weighted by Crippen LogP contribution is -2.46. The van der Waals surface area contributed by atoms with Crippen LogP contribution in [-0.2, 0) is 29.6 Å². The van der Waals surface area contributed by atoms with Crippen LogP contribution in [0.1, 0.15) is 24.8 Å². The number of benzene rings is 2. The number of carbonyl (C=O) groups is 2. The lowest BCUT2D eigenvalue weighted by atomic mass is 9.94. The minimum absolute atomic E-state index is 0.00146. The zero-order valence-electron chi connectivity index (χ0n) is 16.8. The van der Waals surface area contributed by atoms with Crippen LogP contribution in [0.3, 0.4) is 0 Å². The van der Waals surface area contributed by atoms with Crippen molar-refractivity contribution in [3.8, 4) is 0 Å². The normalized spacial score (nSPS) is 22.2. The van der Waals surface area contributed by atoms with E-state index in [1.165, 1.54) is 24.1 Å². The fourth-order valence-corrected chi connectivity index (χ4v) is 6.60. The van der Waals surface area contributed by atoms with Gasteiger partial charge in [-0.25, -0.2) is 13.2 Å². The molecule has 0 spiro atoms. The van der Waals surface area contributed by atoms with Crippen molar-refractivity contribution >= 4 is 44.9 Å². The van der Waals surface area contributed by atoms with Gasteiger partial charge in [0.1, 0.15) is 6.04 Å². The maximum absolute atomic E-state index is 13.6. The zero-order valence-corrected chi connectivity index (χ0v) is 19.1. The Labute approximate surface area is 191 Å². The SMILES string of the molecule is COC(=O)C1CC(S(=O)(=O)c2ccccc2Cl)CN1C(=O)C1(c2ccc(Cl)cc2)CC1. The van der Waals surface area contributed by atoms with Gasteiger partial charge in [0.25, 0.3) is 0 Å². The molecule has 164 valence electrons. The van der Waals surface area contributed by atoms with Crippen LogP contribution < -0.4 is 0 Å². The third kappa shape index (κ3) is 3.83. The van der Waals surface area contributed by atoms with Gasteiger partial charge in [-0.1, -0.05) is 47.5 Å². The summed E-state index contributed by atoms with van der Waals surface area (Å²) >= 11 is 12.1. The largest absolute Gasteiger partial charge is 0.467 e. The topological polar surface area (TPSA) is 80.8 Å². The van der Waals surface area contributed by atoms with Crippen molar-refractivity contribution < 1.29 is 22.7 Å². The molecule has 6 nitrogen and oxygen atoms in total. The van der Waals surface area contributed by atoms with E-state index in [1.54, 1.807) is 36.4 Å². The van der Waals surface area contributed by atoms with Crippen molar-refractivity contribution in [3.63, 3.8) is 0 Å². The van der Waals surface area contributed by atoms with Crippen LogP contribution in [0, 0.1) is 0 Å². The lowest BCUT2D eigenvalue weighted by molar-refractivity contribution is -0.151. The second kappa shape index (κ2) is 8.11. The van der Waals surface area contributed by atoms with E-state index in [9.17, 15) is 18.0 Å². The second-order valence-corrected chi connectivity index (χ2v) is 11.0. The third-order valence-corrected chi connectivity index (χ3v) is 9.02. The van der Waals surface area contributed by atoms with Gasteiger partial charge in [-0.2, -0.15) is 0 Å². The Kier molecular flexibility index (Phi) is 5.79. The number of likely N-dealkylation sites (tertiary alicyclic amines) is 1. The summed E-state index contributed by atoms with van der Waals surface area (Å²) in [4.78, 5) is 27.4. The highest BCUT2D eigenvalue weighted by molar-refractivity contribution is 7.92. The van der Waals surface area contributed by atoms with Gasteiger partial charge in [0.2, 0.25) is 5.91 Å². The molecule has 1 saturated heterocycles. The molecule has 2 fully saturated rings. The first-order chi connectivity index (χ1) is 14.7. The Hall–Kier alpha value is -2.09. The van der Waals surface area contributed by atoms with Crippen LogP contribution in [0.4, 0.5) is 0 Å². The quantitative estimate of drug-likeness (QED) is 0.608. The number of amides is 1. The summed E-state index contributed by atoms with van der Waals surface area (Å²) in [6, 6.07) is 12.2. The third-order valence-electron chi connectivity index (χ3n) is 6.14. The zero-order chi connectivity index (χ0) is 22.4. The van der Waals surface area contributed by atoms with E-state index in [2.05, 4.69) is 0 Å². The highest BCUT2D eigenvalue weighted by Crippen LogP contribution is 2.51. The Morgan fingerprint density at radius 2 is 1.71 bits per heavy atom. The lowest BCUT2D eigenvalue weighted by Gasteiger charge is -2.27. The first-order valence-electron chi connectivity index (χ1n) is 9.84. The first kappa shape index (κ1) is 22.1. The molecule has 2 aromatic carbocycles. The molecular weight excluding hydrogens is 461 g/mol. The first-order valence-corrected chi connectivity index (χ1v) is 12.1. The van der Waals surface area contributed by atoms with E-state index in [0.29, 0.717) is 17.9 Å². The van der Waals surface area contributed by atoms with Crippen LogP contribution in [0.15, 0.2) is 53.4 Å². The van der Waals surface area contributed by atoms with Crippen molar-refractivity contribution in [2.75, 3.05) is 13.7 Å². The van der Waals surface area contributed by atoms with E-state index in [1.807, 2.05) is 0 Å². The summed E-state index contributed by atoms with van der Waals surface area (Å²) in [6.45, 7) is -0.0957. The molecule has 1 heterocycles. The van der Waals surface area contributed by atoms with Gasteiger partial charge in [0.15, 0.2) is 9.84 Å². The molecule has 2 aliphatic rings. The molecule has 0 bridgehead atoms. The number of ether oxygens (including phenoxy) is 1. The number of hydrogen-bond donors (Lipinski definition) is 0. The molecule has 1 aliphatic heterocycles. The minimum atomic E-state index is -3.86. The monoisotopic (exact) mass is 481 g/mol. The van der Waals surface area contributed by atoms with Crippen LogP contribution in [0.5, 0.6) is 0 Å². The number of halogens is 2. The molecule has 2 unspecified atom stereocenters. The van der Waals surface area contributed by atoms with Crippen molar-refractivity contribution in [2.24, 2.45) is 0 Å². The van der Waals surface area contributed by atoms with Gasteiger partial charge in [0.05, 0.1) is 27.7 Å². The Morgan fingerprint density at radius 1 is 1.06 bits per heavy atom. The van der Waals surface area contributed by atoms with Gasteiger partial charge in [0, 0.05) is 11.6 Å². The highest BCUT2D eigenvalue weighted by atomic mass is 35.5. The number of nitrogens with zero attached hydrogens (tertiary/aromatic N) is 1. The molecule has 9 heteroatoms. The van der Waals surface area contributed by atoms with E-state index in [4.69, 9.17) is 27.9 Å². The van der Waals surface area contributed by atoms with Crippen molar-refractivity contribution in [3.05, 3.63) is 64.1 Å². The maximum atomic E-state index is 13.6. The van der Waals surface area contributed by atoms with E-state index in [-0.39, 0.29) is 28.8 Å². The smallest absolute Gasteiger partial charge is 0.328 e. The molecule has 1 saturated carbocycles. The maximum Gasteiger partial charge on any atom is 0.328 e. The van der Waals surface area contributed by atoms with Crippen LogP contribution in [0.2, 0.25) is 10.0 Å². The Balaban J connectivity index is 1.67. The molecule has 0 radical (unpaired) electrons. The van der Waals surface area contributed by atoms with Gasteiger partial charge in [-0.05, 0) is 49.1 Å². The number of carbonyl (C=O) groups excluding carboxylic acids is 2. The van der Waals surface area contributed by atoms with Gasteiger partial charge in [-0.3, -0.25) is 4.79 Å². The van der Waals surface area contributed by atoms with Gasteiger partial charge in [-0.15, -0.1) is 0 Å². The second-order valence-electron chi connectivity index (χ2n) is 7.92. The van der Waals surface area contributed by atoms with Crippen LogP contribution in [-0.4, -0.2) is 50.1 Å². The molecule has 4 rings (SSSR count). The van der Waals surface area contributed by atoms with Crippen molar-refractivity contribution in [2.45, 2.75) is 40.9 Å². The van der Waals surface area contributed by atoms with Crippen molar-refractivity contribution in [1.29, 1.82) is 0 Å². The molecule has 2 aromatic rings. The number of sulfone groups is 1. The standard InChI is InChI=1S/C22H21Cl2NO5S/c1-30-20(26)18-12-16(31(28,29)19-5-3-2-4-17(19)24)13-25(18)21(27)22(10-11-22)14-6-8-15(23)9-7-14/h2-9,16,18H,10-13H2,1H3. The van der Waals surface area contributed by atoms with E-state index < -0.39 is 32.5 Å². The average Bonchev–Trinajstić information content (AvgIpc) is 3.44. The Bertz CT molecular complexity index is 1130. The fraction of sp³-hybridized carbons (Fsp3) is 0.364. The Morgan fingerprint density at radius 3 is 2.29 bits per heavy atom. The van der Waals surface area contributed by atoms with E-state index >= 15 is 0 Å². The summed E-state index contributed by atoms with van der Waals surface area (Å²) in [7, 11) is -2.63. The molecule has 0 N–H and O–H groups in total. The van der Waals surface area contributed by atoms with Crippen LogP contribution in [0.25, 0.3) is 0 Å². The molecular formula is C22H21Cl2NO5S. The predicted octanol–water partition coefficient (Wildman–Crippen LogP) is 3.64. The molecule has 1 aliphatic carbocycles. The number of methoxy groups -OCH3 is 1. The molecule has 2 atom stereocenters. The van der Waals surface area contributed by atoms with Gasteiger partial charge < -0.3 is 9.64 Å².